The molecule has 2 N–H and O–H groups in total. The molecule has 0 aliphatic carbocycles. The number of hydrogen-bond acceptors (Lipinski definition) is 4. The van der Waals surface area contributed by atoms with Crippen LogP contribution in [0.25, 0.3) is 0 Å². The molecule has 0 amide bonds. The van der Waals surface area contributed by atoms with Crippen molar-refractivity contribution in [3.8, 4) is 0 Å². The van der Waals surface area contributed by atoms with Crippen molar-refractivity contribution in [3.05, 3.63) is 23.5 Å². The summed E-state index contributed by atoms with van der Waals surface area (Å²) in [6.07, 6.45) is 1.47. The van der Waals surface area contributed by atoms with Gasteiger partial charge in [0, 0.05) is 0 Å². The second kappa shape index (κ2) is 1.83. The monoisotopic (exact) mass is 141 g/mol. The van der Waals surface area contributed by atoms with Crippen LogP contribution in [-0.2, 0) is 14.2 Å². The summed E-state index contributed by atoms with van der Waals surface area (Å²) in [5.74, 6) is 1.33. The minimum Gasteiger partial charge on any atom is -0.491 e. The summed E-state index contributed by atoms with van der Waals surface area (Å²) in [5.41, 5.74) is 5.99. The van der Waals surface area contributed by atoms with E-state index < -0.39 is 0 Å². The normalized spacial score (nSPS) is 22.2. The van der Waals surface area contributed by atoms with Gasteiger partial charge in [-0.05, 0) is 0 Å². The first-order valence-electron chi connectivity index (χ1n) is 2.94. The molecule has 0 aromatic rings. The highest BCUT2D eigenvalue weighted by atomic mass is 16.7. The van der Waals surface area contributed by atoms with E-state index in [1.807, 2.05) is 0 Å². The first-order valence-corrected chi connectivity index (χ1v) is 2.94. The average molecular weight is 141 g/mol. The third-order valence-corrected chi connectivity index (χ3v) is 1.38. The quantitative estimate of drug-likeness (QED) is 0.517. The van der Waals surface area contributed by atoms with Crippen molar-refractivity contribution in [1.82, 2.24) is 0 Å². The topological polar surface area (TPSA) is 53.7 Å². The van der Waals surface area contributed by atoms with Crippen LogP contribution >= 0.6 is 0 Å². The van der Waals surface area contributed by atoms with Crippen LogP contribution in [0.3, 0.4) is 0 Å². The second-order valence-corrected chi connectivity index (χ2v) is 2.04. The Morgan fingerprint density at radius 3 is 3.10 bits per heavy atom. The van der Waals surface area contributed by atoms with Gasteiger partial charge < -0.3 is 19.9 Å². The van der Waals surface area contributed by atoms with Crippen molar-refractivity contribution in [1.29, 1.82) is 0 Å². The van der Waals surface area contributed by atoms with E-state index in [4.69, 9.17) is 19.9 Å². The number of ether oxygens (including phenoxy) is 3. The van der Waals surface area contributed by atoms with Gasteiger partial charge in [-0.2, -0.15) is 0 Å². The van der Waals surface area contributed by atoms with Crippen molar-refractivity contribution in [2.75, 3.05) is 13.4 Å². The van der Waals surface area contributed by atoms with Gasteiger partial charge in [0.2, 0.25) is 6.79 Å². The van der Waals surface area contributed by atoms with Gasteiger partial charge in [0.1, 0.15) is 18.6 Å². The Kier molecular flexibility index (Phi) is 1.00. The molecule has 2 rings (SSSR count). The summed E-state index contributed by atoms with van der Waals surface area (Å²) in [6, 6.07) is 0. The largest absolute Gasteiger partial charge is 0.491 e. The molecular weight excluding hydrogens is 134 g/mol. The second-order valence-electron chi connectivity index (χ2n) is 2.04. The Labute approximate surface area is 57.9 Å². The molecule has 0 aromatic carbocycles. The average Bonchev–Trinajstić information content (AvgIpc) is 2.36. The lowest BCUT2D eigenvalue weighted by molar-refractivity contribution is 0.0657. The van der Waals surface area contributed by atoms with E-state index in [-0.39, 0.29) is 6.79 Å². The molecule has 54 valence electrons. The fraction of sp³-hybridized carbons (Fsp3) is 0.333. The SMILES string of the molecule is NC1=COCC2=C1OCO2. The van der Waals surface area contributed by atoms with Gasteiger partial charge in [-0.25, -0.2) is 0 Å². The first kappa shape index (κ1) is 5.46. The number of nitrogens with two attached hydrogens (primary N) is 1. The third-order valence-electron chi connectivity index (χ3n) is 1.38. The summed E-state index contributed by atoms with van der Waals surface area (Å²) >= 11 is 0. The molecule has 0 bridgehead atoms. The summed E-state index contributed by atoms with van der Waals surface area (Å²) in [7, 11) is 0. The summed E-state index contributed by atoms with van der Waals surface area (Å²) in [6.45, 7) is 0.679. The smallest absolute Gasteiger partial charge is 0.231 e. The summed E-state index contributed by atoms with van der Waals surface area (Å²) in [4.78, 5) is 0. The van der Waals surface area contributed by atoms with E-state index in [1.54, 1.807) is 0 Å². The predicted octanol–water partition coefficient (Wildman–Crippen LogP) is 0.0326. The van der Waals surface area contributed by atoms with Crippen LogP contribution in [0.2, 0.25) is 0 Å². The highest BCUT2D eigenvalue weighted by molar-refractivity contribution is 5.28. The van der Waals surface area contributed by atoms with Crippen molar-refractivity contribution in [3.63, 3.8) is 0 Å². The molecule has 0 saturated heterocycles. The maximum Gasteiger partial charge on any atom is 0.231 e. The molecule has 0 atom stereocenters. The highest BCUT2D eigenvalue weighted by Crippen LogP contribution is 2.23. The van der Waals surface area contributed by atoms with Crippen LogP contribution in [0, 0.1) is 0 Å². The lowest BCUT2D eigenvalue weighted by Gasteiger charge is -2.09. The zero-order valence-corrected chi connectivity index (χ0v) is 5.29. The molecule has 10 heavy (non-hydrogen) atoms. The minimum absolute atomic E-state index is 0.253. The van der Waals surface area contributed by atoms with Crippen LogP contribution < -0.4 is 5.73 Å². The molecule has 0 saturated carbocycles. The molecule has 0 fully saturated rings. The van der Waals surface area contributed by atoms with Crippen LogP contribution in [0.15, 0.2) is 23.5 Å². The van der Waals surface area contributed by atoms with E-state index >= 15 is 0 Å². The van der Waals surface area contributed by atoms with E-state index in [0.29, 0.717) is 23.8 Å². The lowest BCUT2D eigenvalue weighted by Crippen LogP contribution is -2.10. The summed E-state index contributed by atoms with van der Waals surface area (Å²) < 4.78 is 15.0. The molecule has 4 heteroatoms. The van der Waals surface area contributed by atoms with Crippen LogP contribution in [0.5, 0.6) is 0 Å². The Morgan fingerprint density at radius 1 is 1.40 bits per heavy atom. The van der Waals surface area contributed by atoms with Gasteiger partial charge in [-0.1, -0.05) is 0 Å². The van der Waals surface area contributed by atoms with Crippen molar-refractivity contribution in [2.45, 2.75) is 0 Å². The Morgan fingerprint density at radius 2 is 2.30 bits per heavy atom. The van der Waals surface area contributed by atoms with Crippen molar-refractivity contribution in [2.24, 2.45) is 5.73 Å². The summed E-state index contributed by atoms with van der Waals surface area (Å²) in [5, 5.41) is 0. The zero-order chi connectivity index (χ0) is 6.97. The van der Waals surface area contributed by atoms with Crippen molar-refractivity contribution < 1.29 is 14.2 Å². The maximum atomic E-state index is 5.49. The van der Waals surface area contributed by atoms with E-state index in [9.17, 15) is 0 Å². The standard InChI is InChI=1S/C6H7NO3/c7-4-1-8-2-5-6(4)10-3-9-5/h1H,2-3,7H2. The predicted molar refractivity (Wildman–Crippen MR) is 32.3 cm³/mol. The van der Waals surface area contributed by atoms with Gasteiger partial charge in [-0.15, -0.1) is 0 Å². The van der Waals surface area contributed by atoms with Gasteiger partial charge >= 0.3 is 0 Å². The van der Waals surface area contributed by atoms with Crippen LogP contribution in [0.4, 0.5) is 0 Å². The van der Waals surface area contributed by atoms with Gasteiger partial charge in [-0.3, -0.25) is 0 Å². The molecule has 0 spiro atoms. The highest BCUT2D eigenvalue weighted by Gasteiger charge is 2.23. The Hall–Kier alpha value is -1.32. The molecule has 2 heterocycles. The Balaban J connectivity index is 2.33. The Bertz CT molecular complexity index is 219. The molecular formula is C6H7NO3. The molecule has 0 radical (unpaired) electrons. The molecule has 2 aliphatic rings. The minimum atomic E-state index is 0.253. The molecule has 2 aliphatic heterocycles. The van der Waals surface area contributed by atoms with Gasteiger partial charge in [0.05, 0.1) is 0 Å². The van der Waals surface area contributed by atoms with Gasteiger partial charge in [0.25, 0.3) is 0 Å². The lowest BCUT2D eigenvalue weighted by atomic mass is 10.3. The third kappa shape index (κ3) is 0.618. The molecule has 4 nitrogen and oxygen atoms in total. The van der Waals surface area contributed by atoms with E-state index in [2.05, 4.69) is 0 Å². The van der Waals surface area contributed by atoms with E-state index in [0.717, 1.165) is 0 Å². The molecule has 0 unspecified atom stereocenters. The van der Waals surface area contributed by atoms with Crippen LogP contribution in [-0.4, -0.2) is 13.4 Å². The van der Waals surface area contributed by atoms with E-state index in [1.165, 1.54) is 6.26 Å². The fourth-order valence-electron chi connectivity index (χ4n) is 0.918. The number of rotatable bonds is 0. The van der Waals surface area contributed by atoms with Gasteiger partial charge in [0.15, 0.2) is 11.5 Å². The number of hydrogen-bond donors (Lipinski definition) is 1. The molecule has 0 aromatic heterocycles. The fourth-order valence-corrected chi connectivity index (χ4v) is 0.918. The first-order chi connectivity index (χ1) is 4.88. The maximum absolute atomic E-state index is 5.49. The zero-order valence-electron chi connectivity index (χ0n) is 5.29. The van der Waals surface area contributed by atoms with Crippen molar-refractivity contribution >= 4 is 0 Å². The van der Waals surface area contributed by atoms with Crippen LogP contribution in [0.1, 0.15) is 0 Å².